The molecule has 0 bridgehead atoms. The summed E-state index contributed by atoms with van der Waals surface area (Å²) in [7, 11) is 0. The molecule has 5 nitrogen and oxygen atoms in total. The number of carbonyl (C=O) groups is 1. The van der Waals surface area contributed by atoms with Crippen LogP contribution in [0.15, 0.2) is 22.8 Å². The monoisotopic (exact) mass is 291 g/mol. The van der Waals surface area contributed by atoms with Gasteiger partial charge in [-0.1, -0.05) is 13.8 Å². The van der Waals surface area contributed by atoms with Crippen molar-refractivity contribution in [2.75, 3.05) is 26.2 Å². The van der Waals surface area contributed by atoms with Crippen molar-refractivity contribution in [3.8, 4) is 0 Å². The third kappa shape index (κ3) is 2.99. The van der Waals surface area contributed by atoms with Gasteiger partial charge in [-0.15, -0.1) is 0 Å². The maximum atomic E-state index is 12.0. The average molecular weight is 291 g/mol. The second-order valence-electron chi connectivity index (χ2n) is 6.82. The molecule has 21 heavy (non-hydrogen) atoms. The lowest BCUT2D eigenvalue weighted by Gasteiger charge is -2.30. The van der Waals surface area contributed by atoms with Crippen LogP contribution in [0.1, 0.15) is 38.5 Å². The van der Waals surface area contributed by atoms with E-state index in [-0.39, 0.29) is 23.4 Å². The fourth-order valence-electron chi connectivity index (χ4n) is 3.42. The van der Waals surface area contributed by atoms with E-state index in [1.54, 1.807) is 6.26 Å². The van der Waals surface area contributed by atoms with E-state index in [0.29, 0.717) is 0 Å². The van der Waals surface area contributed by atoms with Crippen LogP contribution in [0.5, 0.6) is 0 Å². The topological polar surface area (TPSA) is 57.5 Å². The summed E-state index contributed by atoms with van der Waals surface area (Å²) in [4.78, 5) is 14.4. The smallest absolute Gasteiger partial charge is 0.237 e. The van der Waals surface area contributed by atoms with Crippen LogP contribution < -0.4 is 10.6 Å². The van der Waals surface area contributed by atoms with Crippen molar-refractivity contribution >= 4 is 5.91 Å². The van der Waals surface area contributed by atoms with E-state index in [0.717, 1.165) is 31.9 Å². The number of rotatable bonds is 5. The molecule has 2 saturated heterocycles. The van der Waals surface area contributed by atoms with Gasteiger partial charge in [-0.25, -0.2) is 0 Å². The molecule has 1 aromatic heterocycles. The van der Waals surface area contributed by atoms with Gasteiger partial charge in [-0.3, -0.25) is 9.69 Å². The van der Waals surface area contributed by atoms with Gasteiger partial charge in [-0.2, -0.15) is 0 Å². The Kier molecular flexibility index (Phi) is 4.04. The number of likely N-dealkylation sites (tertiary alicyclic amines) is 1. The highest BCUT2D eigenvalue weighted by Gasteiger charge is 2.41. The number of hydrogen-bond acceptors (Lipinski definition) is 4. The summed E-state index contributed by atoms with van der Waals surface area (Å²) in [6, 6.07) is 4.05. The third-order valence-corrected chi connectivity index (χ3v) is 4.73. The predicted octanol–water partition coefficient (Wildman–Crippen LogP) is 1.53. The van der Waals surface area contributed by atoms with E-state index < -0.39 is 0 Å². The molecule has 2 atom stereocenters. The normalized spacial score (nSPS) is 27.0. The van der Waals surface area contributed by atoms with Gasteiger partial charge in [0.2, 0.25) is 5.91 Å². The number of hydrogen-bond donors (Lipinski definition) is 2. The number of nitrogens with one attached hydrogen (secondary N) is 2. The summed E-state index contributed by atoms with van der Waals surface area (Å²) in [6.45, 7) is 7.94. The Hall–Kier alpha value is -1.33. The van der Waals surface area contributed by atoms with E-state index in [1.807, 2.05) is 12.1 Å². The average Bonchev–Trinajstić information content (AvgIpc) is 3.16. The van der Waals surface area contributed by atoms with Crippen LogP contribution in [-0.4, -0.2) is 43.0 Å². The zero-order chi connectivity index (χ0) is 14.9. The Morgan fingerprint density at radius 1 is 1.48 bits per heavy atom. The van der Waals surface area contributed by atoms with Crippen LogP contribution in [0.2, 0.25) is 0 Å². The van der Waals surface area contributed by atoms with Gasteiger partial charge < -0.3 is 15.1 Å². The molecule has 0 saturated carbocycles. The summed E-state index contributed by atoms with van der Waals surface area (Å²) in [5.41, 5.74) is -0.0458. The van der Waals surface area contributed by atoms with Crippen LogP contribution in [-0.2, 0) is 4.79 Å². The first-order valence-corrected chi connectivity index (χ1v) is 7.86. The van der Waals surface area contributed by atoms with E-state index in [9.17, 15) is 4.79 Å². The highest BCUT2D eigenvalue weighted by Crippen LogP contribution is 2.28. The molecule has 0 unspecified atom stereocenters. The molecule has 0 aliphatic carbocycles. The summed E-state index contributed by atoms with van der Waals surface area (Å²) < 4.78 is 5.62. The minimum Gasteiger partial charge on any atom is -0.468 e. The van der Waals surface area contributed by atoms with Crippen molar-refractivity contribution in [3.05, 3.63) is 24.2 Å². The molecule has 2 fully saturated rings. The largest absolute Gasteiger partial charge is 0.468 e. The number of furan rings is 1. The van der Waals surface area contributed by atoms with Crippen LogP contribution in [0, 0.1) is 5.41 Å². The van der Waals surface area contributed by atoms with Gasteiger partial charge >= 0.3 is 0 Å². The molecule has 1 amide bonds. The van der Waals surface area contributed by atoms with Crippen molar-refractivity contribution < 1.29 is 9.21 Å². The fourth-order valence-corrected chi connectivity index (χ4v) is 3.42. The molecular weight excluding hydrogens is 266 g/mol. The SMILES string of the molecule is CC1(C)CNC(=O)[C@@H]1NC[C@H](c1ccco1)N1CCCC1. The van der Waals surface area contributed by atoms with E-state index >= 15 is 0 Å². The van der Waals surface area contributed by atoms with E-state index in [4.69, 9.17) is 4.42 Å². The van der Waals surface area contributed by atoms with Gasteiger partial charge in [0.25, 0.3) is 0 Å². The summed E-state index contributed by atoms with van der Waals surface area (Å²) in [6.07, 6.45) is 4.21. The third-order valence-electron chi connectivity index (χ3n) is 4.73. The summed E-state index contributed by atoms with van der Waals surface area (Å²) in [5, 5.41) is 6.42. The van der Waals surface area contributed by atoms with Gasteiger partial charge in [0.15, 0.2) is 0 Å². The van der Waals surface area contributed by atoms with E-state index in [2.05, 4.69) is 29.4 Å². The van der Waals surface area contributed by atoms with Crippen LogP contribution in [0.4, 0.5) is 0 Å². The second kappa shape index (κ2) is 5.81. The van der Waals surface area contributed by atoms with Gasteiger partial charge in [0.1, 0.15) is 5.76 Å². The lowest BCUT2D eigenvalue weighted by atomic mass is 9.87. The Bertz CT molecular complexity index is 478. The molecular formula is C16H25N3O2. The van der Waals surface area contributed by atoms with Gasteiger partial charge in [-0.05, 0) is 38.1 Å². The van der Waals surface area contributed by atoms with Gasteiger partial charge in [0.05, 0.1) is 18.3 Å². The van der Waals surface area contributed by atoms with Crippen LogP contribution in [0.3, 0.4) is 0 Å². The molecule has 3 rings (SSSR count). The molecule has 2 aliphatic heterocycles. The molecule has 0 aromatic carbocycles. The second-order valence-corrected chi connectivity index (χ2v) is 6.82. The fraction of sp³-hybridized carbons (Fsp3) is 0.688. The van der Waals surface area contributed by atoms with Crippen molar-refractivity contribution in [2.24, 2.45) is 5.41 Å². The minimum absolute atomic E-state index is 0.0458. The maximum absolute atomic E-state index is 12.0. The zero-order valence-corrected chi connectivity index (χ0v) is 12.9. The number of amides is 1. The van der Waals surface area contributed by atoms with E-state index in [1.165, 1.54) is 12.8 Å². The highest BCUT2D eigenvalue weighted by molar-refractivity contribution is 5.85. The van der Waals surface area contributed by atoms with Crippen molar-refractivity contribution in [3.63, 3.8) is 0 Å². The standard InChI is InChI=1S/C16H25N3O2/c1-16(2)11-18-15(20)14(16)17-10-12(13-6-5-9-21-13)19-7-3-4-8-19/h5-6,9,12,14,17H,3-4,7-8,10-11H2,1-2H3,(H,18,20)/t12-,14+/m1/s1. The Morgan fingerprint density at radius 3 is 2.81 bits per heavy atom. The maximum Gasteiger partial charge on any atom is 0.237 e. The Balaban J connectivity index is 1.69. The van der Waals surface area contributed by atoms with Crippen molar-refractivity contribution in [1.82, 2.24) is 15.5 Å². The van der Waals surface area contributed by atoms with Crippen molar-refractivity contribution in [2.45, 2.75) is 38.8 Å². The Labute approximate surface area is 126 Å². The van der Waals surface area contributed by atoms with Crippen LogP contribution >= 0.6 is 0 Å². The zero-order valence-electron chi connectivity index (χ0n) is 12.9. The predicted molar refractivity (Wildman–Crippen MR) is 80.8 cm³/mol. The number of carbonyl (C=O) groups excluding carboxylic acids is 1. The van der Waals surface area contributed by atoms with Crippen molar-refractivity contribution in [1.29, 1.82) is 0 Å². The van der Waals surface area contributed by atoms with Gasteiger partial charge in [0, 0.05) is 18.5 Å². The molecule has 116 valence electrons. The first-order chi connectivity index (χ1) is 10.1. The molecule has 0 spiro atoms. The van der Waals surface area contributed by atoms with Crippen LogP contribution in [0.25, 0.3) is 0 Å². The lowest BCUT2D eigenvalue weighted by Crippen LogP contribution is -2.47. The molecule has 2 N–H and O–H groups in total. The molecule has 0 radical (unpaired) electrons. The minimum atomic E-state index is -0.127. The summed E-state index contributed by atoms with van der Waals surface area (Å²) >= 11 is 0. The highest BCUT2D eigenvalue weighted by atomic mass is 16.3. The molecule has 3 heterocycles. The lowest BCUT2D eigenvalue weighted by molar-refractivity contribution is -0.121. The quantitative estimate of drug-likeness (QED) is 0.864. The molecule has 1 aromatic rings. The summed E-state index contributed by atoms with van der Waals surface area (Å²) in [5.74, 6) is 1.10. The first-order valence-electron chi connectivity index (χ1n) is 7.86. The Morgan fingerprint density at radius 2 is 2.24 bits per heavy atom. The number of nitrogens with zero attached hydrogens (tertiary/aromatic N) is 1. The molecule has 2 aliphatic rings. The first kappa shape index (κ1) is 14.6. The molecule has 5 heteroatoms.